The predicted octanol–water partition coefficient (Wildman–Crippen LogP) is 4.30. The van der Waals surface area contributed by atoms with Gasteiger partial charge in [0.2, 0.25) is 0 Å². The molecule has 0 radical (unpaired) electrons. The Bertz CT molecular complexity index is 221. The van der Waals surface area contributed by atoms with Gasteiger partial charge in [0.15, 0.2) is 0 Å². The third-order valence-electron chi connectivity index (χ3n) is 5.12. The summed E-state index contributed by atoms with van der Waals surface area (Å²) in [6, 6.07) is 0.708. The van der Waals surface area contributed by atoms with Crippen LogP contribution in [-0.2, 0) is 0 Å². The number of hydrogen-bond donors (Lipinski definition) is 1. The molecule has 0 bridgehead atoms. The molecular weight excluding hydrogens is 244 g/mol. The van der Waals surface area contributed by atoms with Crippen LogP contribution in [0, 0.1) is 11.8 Å². The van der Waals surface area contributed by atoms with E-state index in [2.05, 4.69) is 37.9 Å². The third kappa shape index (κ3) is 6.58. The van der Waals surface area contributed by atoms with Crippen molar-refractivity contribution in [1.29, 1.82) is 0 Å². The first kappa shape index (κ1) is 18.0. The number of piperidine rings is 1. The fourth-order valence-corrected chi connectivity index (χ4v) is 3.46. The predicted molar refractivity (Wildman–Crippen MR) is 90.2 cm³/mol. The van der Waals surface area contributed by atoms with Crippen molar-refractivity contribution in [3.63, 3.8) is 0 Å². The van der Waals surface area contributed by atoms with Gasteiger partial charge in [-0.25, -0.2) is 0 Å². The van der Waals surface area contributed by atoms with E-state index in [0.29, 0.717) is 6.04 Å². The maximum Gasteiger partial charge on any atom is 0.00679 e. The van der Waals surface area contributed by atoms with E-state index >= 15 is 0 Å². The summed E-state index contributed by atoms with van der Waals surface area (Å²) in [4.78, 5) is 2.73. The second-order valence-electron chi connectivity index (χ2n) is 6.80. The van der Waals surface area contributed by atoms with E-state index < -0.39 is 0 Å². The van der Waals surface area contributed by atoms with Crippen LogP contribution < -0.4 is 5.32 Å². The number of nitrogens with one attached hydrogen (secondary N) is 1. The minimum absolute atomic E-state index is 0.708. The van der Waals surface area contributed by atoms with Crippen LogP contribution in [0.25, 0.3) is 0 Å². The zero-order valence-electron chi connectivity index (χ0n) is 14.5. The number of likely N-dealkylation sites (tertiary alicyclic amines) is 1. The first-order valence-electron chi connectivity index (χ1n) is 9.16. The van der Waals surface area contributed by atoms with E-state index in [9.17, 15) is 0 Å². The van der Waals surface area contributed by atoms with Crippen molar-refractivity contribution in [3.8, 4) is 0 Å². The molecular formula is C18H38N2. The van der Waals surface area contributed by atoms with Gasteiger partial charge in [0.25, 0.3) is 0 Å². The lowest BCUT2D eigenvalue weighted by Gasteiger charge is -2.36. The average Bonchev–Trinajstić information content (AvgIpc) is 2.49. The molecule has 2 unspecified atom stereocenters. The second-order valence-corrected chi connectivity index (χ2v) is 6.80. The van der Waals surface area contributed by atoms with Crippen LogP contribution in [0.4, 0.5) is 0 Å². The standard InChI is InChI=1S/C18H38N2/c1-5-8-9-17(7-3)15-20-13-10-18(11-14-20)16(4)19-12-6-2/h16-19H,5-15H2,1-4H3. The Morgan fingerprint density at radius 2 is 1.80 bits per heavy atom. The molecule has 2 atom stereocenters. The topological polar surface area (TPSA) is 15.3 Å². The molecule has 0 aromatic heterocycles. The minimum Gasteiger partial charge on any atom is -0.314 e. The molecule has 1 saturated heterocycles. The van der Waals surface area contributed by atoms with Crippen molar-refractivity contribution in [2.45, 2.75) is 78.7 Å². The molecule has 0 aromatic carbocycles. The zero-order valence-corrected chi connectivity index (χ0v) is 14.5. The molecule has 1 N–H and O–H groups in total. The van der Waals surface area contributed by atoms with Crippen molar-refractivity contribution in [3.05, 3.63) is 0 Å². The van der Waals surface area contributed by atoms with Crippen molar-refractivity contribution < 1.29 is 0 Å². The Morgan fingerprint density at radius 1 is 1.10 bits per heavy atom. The first-order chi connectivity index (χ1) is 9.71. The van der Waals surface area contributed by atoms with Crippen LogP contribution in [-0.4, -0.2) is 37.1 Å². The summed E-state index contributed by atoms with van der Waals surface area (Å²) in [5, 5.41) is 3.68. The van der Waals surface area contributed by atoms with Crippen LogP contribution in [0.2, 0.25) is 0 Å². The highest BCUT2D eigenvalue weighted by atomic mass is 15.1. The van der Waals surface area contributed by atoms with Gasteiger partial charge in [-0.3, -0.25) is 0 Å². The summed E-state index contributed by atoms with van der Waals surface area (Å²) < 4.78 is 0. The van der Waals surface area contributed by atoms with Gasteiger partial charge in [0.1, 0.15) is 0 Å². The zero-order chi connectivity index (χ0) is 14.8. The fraction of sp³-hybridized carbons (Fsp3) is 1.00. The van der Waals surface area contributed by atoms with E-state index in [1.807, 2.05) is 0 Å². The molecule has 20 heavy (non-hydrogen) atoms. The monoisotopic (exact) mass is 282 g/mol. The van der Waals surface area contributed by atoms with E-state index in [1.165, 1.54) is 71.1 Å². The lowest BCUT2D eigenvalue weighted by Crippen LogP contribution is -2.43. The number of rotatable bonds is 10. The van der Waals surface area contributed by atoms with Crippen LogP contribution in [0.3, 0.4) is 0 Å². The molecule has 2 heteroatoms. The van der Waals surface area contributed by atoms with Crippen LogP contribution in [0.15, 0.2) is 0 Å². The maximum absolute atomic E-state index is 3.68. The lowest BCUT2D eigenvalue weighted by atomic mass is 9.89. The molecule has 0 amide bonds. The van der Waals surface area contributed by atoms with E-state index in [4.69, 9.17) is 0 Å². The van der Waals surface area contributed by atoms with Gasteiger partial charge in [0, 0.05) is 12.6 Å². The highest BCUT2D eigenvalue weighted by Crippen LogP contribution is 2.23. The van der Waals surface area contributed by atoms with Crippen molar-refractivity contribution in [2.75, 3.05) is 26.2 Å². The smallest absolute Gasteiger partial charge is 0.00679 e. The lowest BCUT2D eigenvalue weighted by molar-refractivity contribution is 0.139. The Hall–Kier alpha value is -0.0800. The van der Waals surface area contributed by atoms with Crippen LogP contribution in [0.1, 0.15) is 72.6 Å². The largest absolute Gasteiger partial charge is 0.314 e. The minimum atomic E-state index is 0.708. The van der Waals surface area contributed by atoms with E-state index in [1.54, 1.807) is 0 Å². The highest BCUT2D eigenvalue weighted by Gasteiger charge is 2.24. The second kappa shape index (κ2) is 10.6. The maximum atomic E-state index is 3.68. The summed E-state index contributed by atoms with van der Waals surface area (Å²) in [6.45, 7) is 14.5. The molecule has 2 nitrogen and oxygen atoms in total. The SMILES string of the molecule is CCCCC(CC)CN1CCC(C(C)NCCC)CC1. The Labute approximate surface area is 127 Å². The normalized spacial score (nSPS) is 21.0. The van der Waals surface area contributed by atoms with Crippen molar-refractivity contribution >= 4 is 0 Å². The Balaban J connectivity index is 2.23. The van der Waals surface area contributed by atoms with Gasteiger partial charge in [-0.15, -0.1) is 0 Å². The van der Waals surface area contributed by atoms with Crippen LogP contribution in [0.5, 0.6) is 0 Å². The molecule has 1 rings (SSSR count). The number of unbranched alkanes of at least 4 members (excludes halogenated alkanes) is 1. The van der Waals surface area contributed by atoms with Gasteiger partial charge in [-0.2, -0.15) is 0 Å². The summed E-state index contributed by atoms with van der Waals surface area (Å²) in [5.74, 6) is 1.83. The van der Waals surface area contributed by atoms with Gasteiger partial charge in [-0.05, 0) is 64.1 Å². The van der Waals surface area contributed by atoms with Crippen molar-refractivity contribution in [2.24, 2.45) is 11.8 Å². The molecule has 1 aliphatic rings. The summed E-state index contributed by atoms with van der Waals surface area (Å²) in [6.07, 6.45) is 9.57. The average molecular weight is 283 g/mol. The fourth-order valence-electron chi connectivity index (χ4n) is 3.46. The molecule has 0 spiro atoms. The number of nitrogens with zero attached hydrogens (tertiary/aromatic N) is 1. The van der Waals surface area contributed by atoms with E-state index in [-0.39, 0.29) is 0 Å². The molecule has 120 valence electrons. The van der Waals surface area contributed by atoms with Crippen LogP contribution >= 0.6 is 0 Å². The van der Waals surface area contributed by atoms with Gasteiger partial charge < -0.3 is 10.2 Å². The van der Waals surface area contributed by atoms with Gasteiger partial charge >= 0.3 is 0 Å². The van der Waals surface area contributed by atoms with Gasteiger partial charge in [-0.1, -0.05) is 40.0 Å². The molecule has 1 aliphatic heterocycles. The summed E-state index contributed by atoms with van der Waals surface area (Å²) in [5.41, 5.74) is 0. The summed E-state index contributed by atoms with van der Waals surface area (Å²) in [7, 11) is 0. The molecule has 0 aliphatic carbocycles. The molecule has 1 heterocycles. The van der Waals surface area contributed by atoms with Crippen molar-refractivity contribution in [1.82, 2.24) is 10.2 Å². The Morgan fingerprint density at radius 3 is 2.35 bits per heavy atom. The quantitative estimate of drug-likeness (QED) is 0.642. The highest BCUT2D eigenvalue weighted by molar-refractivity contribution is 4.80. The van der Waals surface area contributed by atoms with Gasteiger partial charge in [0.05, 0.1) is 0 Å². The first-order valence-corrected chi connectivity index (χ1v) is 9.16. The molecule has 1 fully saturated rings. The molecule has 0 aromatic rings. The summed E-state index contributed by atoms with van der Waals surface area (Å²) >= 11 is 0. The Kier molecular flexibility index (Phi) is 9.54. The third-order valence-corrected chi connectivity index (χ3v) is 5.12. The molecule has 0 saturated carbocycles. The number of hydrogen-bond acceptors (Lipinski definition) is 2. The van der Waals surface area contributed by atoms with E-state index in [0.717, 1.165) is 11.8 Å².